The largest absolute Gasteiger partial charge is 0.462 e. The minimum Gasteiger partial charge on any atom is -0.462 e. The lowest BCUT2D eigenvalue weighted by atomic mass is 9.99. The standard InChI is InChI=1S/C46H80O10/c1-3-5-7-9-11-13-15-17-19-21-23-25-27-29-31-33-35-42(49)55-39(38-54-46-45(52)44(51)43(50)40(36-47)56-46)37-53-41(48)34-32-30-28-26-24-22-20-18-16-14-12-10-8-6-4-2/h12-15,18-21,39-40,43-47,50-52H,3-11,16-17,22-38H2,1-2H3/b14-12-,15-13-,20-18-,21-19-. The molecule has 324 valence electrons. The van der Waals surface area contributed by atoms with Crippen molar-refractivity contribution < 1.29 is 49.0 Å². The Morgan fingerprint density at radius 3 is 1.52 bits per heavy atom. The number of carbonyl (C=O) groups excluding carboxylic acids is 2. The predicted octanol–water partition coefficient (Wildman–Crippen LogP) is 9.28. The number of unbranched alkanes of at least 4 members (excludes halogenated alkanes) is 17. The van der Waals surface area contributed by atoms with Crippen molar-refractivity contribution in [1.29, 1.82) is 0 Å². The molecule has 1 heterocycles. The van der Waals surface area contributed by atoms with Gasteiger partial charge in [-0.15, -0.1) is 0 Å². The number of hydrogen-bond acceptors (Lipinski definition) is 10. The van der Waals surface area contributed by atoms with Crippen LogP contribution < -0.4 is 0 Å². The van der Waals surface area contributed by atoms with Crippen molar-refractivity contribution in [2.24, 2.45) is 0 Å². The lowest BCUT2D eigenvalue weighted by molar-refractivity contribution is -0.305. The average Bonchev–Trinajstić information content (AvgIpc) is 3.19. The Morgan fingerprint density at radius 1 is 0.554 bits per heavy atom. The van der Waals surface area contributed by atoms with Crippen LogP contribution in [0.15, 0.2) is 48.6 Å². The van der Waals surface area contributed by atoms with Crippen molar-refractivity contribution in [1.82, 2.24) is 0 Å². The second-order valence-electron chi connectivity index (χ2n) is 15.1. The monoisotopic (exact) mass is 793 g/mol. The molecular formula is C46H80O10. The maximum Gasteiger partial charge on any atom is 0.306 e. The van der Waals surface area contributed by atoms with Gasteiger partial charge in [0.15, 0.2) is 12.4 Å². The van der Waals surface area contributed by atoms with Crippen LogP contribution in [0.25, 0.3) is 0 Å². The van der Waals surface area contributed by atoms with Crippen LogP contribution in [0.1, 0.15) is 174 Å². The Bertz CT molecular complexity index is 1050. The first-order chi connectivity index (χ1) is 27.3. The van der Waals surface area contributed by atoms with Crippen LogP contribution in [0.2, 0.25) is 0 Å². The molecule has 0 bridgehead atoms. The normalized spacial score (nSPS) is 20.9. The molecule has 0 aromatic rings. The van der Waals surface area contributed by atoms with E-state index in [0.29, 0.717) is 12.8 Å². The molecule has 6 atom stereocenters. The van der Waals surface area contributed by atoms with Crippen molar-refractivity contribution in [3.63, 3.8) is 0 Å². The second-order valence-corrected chi connectivity index (χ2v) is 15.1. The summed E-state index contributed by atoms with van der Waals surface area (Å²) in [6.45, 7) is 3.34. The highest BCUT2D eigenvalue weighted by Gasteiger charge is 2.44. The van der Waals surface area contributed by atoms with Gasteiger partial charge in [0.25, 0.3) is 0 Å². The molecule has 0 aliphatic carbocycles. The van der Waals surface area contributed by atoms with E-state index in [2.05, 4.69) is 62.5 Å². The summed E-state index contributed by atoms with van der Waals surface area (Å²) in [5, 5.41) is 40.0. The Hall–Kier alpha value is -2.34. The SMILES string of the molecule is CCCCC/C=C\C/C=C\CCCCCCCC(=O)OCC(COC1OC(CO)C(O)C(O)C1O)OC(=O)CCCCCCC/C=C\C/C=C\CCCCCC. The summed E-state index contributed by atoms with van der Waals surface area (Å²) < 4.78 is 22.1. The van der Waals surface area contributed by atoms with Gasteiger partial charge in [-0.05, 0) is 77.0 Å². The molecule has 1 fully saturated rings. The van der Waals surface area contributed by atoms with Crippen LogP contribution in [0.5, 0.6) is 0 Å². The molecule has 56 heavy (non-hydrogen) atoms. The minimum absolute atomic E-state index is 0.209. The number of aliphatic hydroxyl groups is 4. The third-order valence-electron chi connectivity index (χ3n) is 9.94. The van der Waals surface area contributed by atoms with Gasteiger partial charge in [0, 0.05) is 12.8 Å². The van der Waals surface area contributed by atoms with E-state index in [9.17, 15) is 30.0 Å². The molecule has 0 saturated carbocycles. The molecular weight excluding hydrogens is 712 g/mol. The Kier molecular flexibility index (Phi) is 34.1. The molecule has 1 saturated heterocycles. The fourth-order valence-corrected chi connectivity index (χ4v) is 6.36. The van der Waals surface area contributed by atoms with Crippen LogP contribution in [0, 0.1) is 0 Å². The van der Waals surface area contributed by atoms with E-state index in [-0.39, 0.29) is 26.1 Å². The number of carbonyl (C=O) groups is 2. The Labute approximate surface area is 339 Å². The highest BCUT2D eigenvalue weighted by atomic mass is 16.7. The van der Waals surface area contributed by atoms with Crippen LogP contribution in [-0.4, -0.2) is 89.0 Å². The van der Waals surface area contributed by atoms with Crippen molar-refractivity contribution in [2.45, 2.75) is 211 Å². The number of rotatable bonds is 36. The molecule has 0 amide bonds. The highest BCUT2D eigenvalue weighted by molar-refractivity contribution is 5.70. The van der Waals surface area contributed by atoms with Gasteiger partial charge in [-0.25, -0.2) is 0 Å². The summed E-state index contributed by atoms with van der Waals surface area (Å²) in [6, 6.07) is 0. The smallest absolute Gasteiger partial charge is 0.306 e. The zero-order valence-corrected chi connectivity index (χ0v) is 35.1. The van der Waals surface area contributed by atoms with Crippen molar-refractivity contribution in [3.05, 3.63) is 48.6 Å². The predicted molar refractivity (Wildman–Crippen MR) is 224 cm³/mol. The van der Waals surface area contributed by atoms with E-state index >= 15 is 0 Å². The molecule has 1 rings (SSSR count). The number of aliphatic hydroxyl groups excluding tert-OH is 4. The van der Waals surface area contributed by atoms with Gasteiger partial charge in [0.1, 0.15) is 31.0 Å². The van der Waals surface area contributed by atoms with Gasteiger partial charge in [0.05, 0.1) is 13.2 Å². The molecule has 4 N–H and O–H groups in total. The summed E-state index contributed by atoms with van der Waals surface area (Å²) in [4.78, 5) is 25.3. The zero-order valence-electron chi connectivity index (χ0n) is 35.1. The lowest BCUT2D eigenvalue weighted by Crippen LogP contribution is -2.59. The van der Waals surface area contributed by atoms with Gasteiger partial charge in [-0.3, -0.25) is 9.59 Å². The number of esters is 2. The fourth-order valence-electron chi connectivity index (χ4n) is 6.36. The summed E-state index contributed by atoms with van der Waals surface area (Å²) in [5.41, 5.74) is 0. The van der Waals surface area contributed by atoms with Gasteiger partial charge in [0.2, 0.25) is 0 Å². The number of hydrogen-bond donors (Lipinski definition) is 4. The maximum atomic E-state index is 12.8. The number of allylic oxidation sites excluding steroid dienone is 8. The fraction of sp³-hybridized carbons (Fsp3) is 0.783. The summed E-state index contributed by atoms with van der Waals surface area (Å²) in [6.07, 6.45) is 35.4. The van der Waals surface area contributed by atoms with E-state index in [1.54, 1.807) is 0 Å². The first-order valence-corrected chi connectivity index (χ1v) is 22.2. The molecule has 0 aromatic heterocycles. The van der Waals surface area contributed by atoms with Crippen LogP contribution in [-0.2, 0) is 28.5 Å². The molecule has 1 aliphatic rings. The quantitative estimate of drug-likeness (QED) is 0.0275. The molecule has 10 nitrogen and oxygen atoms in total. The molecule has 1 aliphatic heterocycles. The second kappa shape index (κ2) is 37.0. The van der Waals surface area contributed by atoms with Crippen LogP contribution in [0.3, 0.4) is 0 Å². The summed E-state index contributed by atoms with van der Waals surface area (Å²) in [5.74, 6) is -0.841. The molecule has 10 heteroatoms. The van der Waals surface area contributed by atoms with Gasteiger partial charge >= 0.3 is 11.9 Å². The lowest BCUT2D eigenvalue weighted by Gasteiger charge is -2.39. The van der Waals surface area contributed by atoms with E-state index in [1.807, 2.05) is 0 Å². The third-order valence-corrected chi connectivity index (χ3v) is 9.94. The van der Waals surface area contributed by atoms with Crippen molar-refractivity contribution in [3.8, 4) is 0 Å². The average molecular weight is 793 g/mol. The molecule has 0 radical (unpaired) electrons. The first-order valence-electron chi connectivity index (χ1n) is 22.2. The van der Waals surface area contributed by atoms with Crippen LogP contribution >= 0.6 is 0 Å². The Morgan fingerprint density at radius 2 is 1.00 bits per heavy atom. The van der Waals surface area contributed by atoms with Gasteiger partial charge in [-0.1, -0.05) is 133 Å². The van der Waals surface area contributed by atoms with Gasteiger partial charge in [-0.2, -0.15) is 0 Å². The summed E-state index contributed by atoms with van der Waals surface area (Å²) in [7, 11) is 0. The first kappa shape index (κ1) is 51.7. The van der Waals surface area contributed by atoms with Gasteiger partial charge < -0.3 is 39.4 Å². The molecule has 0 aromatic carbocycles. The summed E-state index contributed by atoms with van der Waals surface area (Å²) >= 11 is 0. The van der Waals surface area contributed by atoms with Crippen molar-refractivity contribution in [2.75, 3.05) is 19.8 Å². The Balaban J connectivity index is 2.37. The van der Waals surface area contributed by atoms with E-state index < -0.39 is 55.4 Å². The van der Waals surface area contributed by atoms with E-state index in [0.717, 1.165) is 77.0 Å². The van der Waals surface area contributed by atoms with E-state index in [1.165, 1.54) is 57.8 Å². The molecule has 0 spiro atoms. The highest BCUT2D eigenvalue weighted by Crippen LogP contribution is 2.22. The molecule has 6 unspecified atom stereocenters. The minimum atomic E-state index is -1.60. The van der Waals surface area contributed by atoms with Crippen molar-refractivity contribution >= 4 is 11.9 Å². The number of ether oxygens (including phenoxy) is 4. The third kappa shape index (κ3) is 28.1. The van der Waals surface area contributed by atoms with E-state index in [4.69, 9.17) is 18.9 Å². The maximum absolute atomic E-state index is 12.8. The zero-order chi connectivity index (χ0) is 40.9. The van der Waals surface area contributed by atoms with Crippen LogP contribution in [0.4, 0.5) is 0 Å². The topological polar surface area (TPSA) is 152 Å².